The fourth-order valence-electron chi connectivity index (χ4n) is 1.58. The molecule has 0 radical (unpaired) electrons. The van der Waals surface area contributed by atoms with Gasteiger partial charge in [0.25, 0.3) is 0 Å². The van der Waals surface area contributed by atoms with Gasteiger partial charge in [-0.1, -0.05) is 28.1 Å². The Morgan fingerprint density at radius 1 is 1.21 bits per heavy atom. The zero-order valence-corrected chi connectivity index (χ0v) is 13.2. The second kappa shape index (κ2) is 6.15. The van der Waals surface area contributed by atoms with Gasteiger partial charge in [-0.15, -0.1) is 11.3 Å². The van der Waals surface area contributed by atoms with E-state index in [0.717, 1.165) is 10.0 Å². The summed E-state index contributed by atoms with van der Waals surface area (Å²) in [4.78, 5) is 0.945. The largest absolute Gasteiger partial charge is 0.326 e. The van der Waals surface area contributed by atoms with Gasteiger partial charge in [0, 0.05) is 22.4 Å². The molecule has 2 aromatic rings. The van der Waals surface area contributed by atoms with E-state index in [9.17, 15) is 8.42 Å². The number of halogens is 1. The number of sulfonamides is 1. The smallest absolute Gasteiger partial charge is 0.242 e. The Bertz CT molecular complexity index is 651. The van der Waals surface area contributed by atoms with Crippen molar-refractivity contribution in [1.82, 2.24) is 4.72 Å². The molecule has 0 unspecified atom stereocenters. The molecule has 0 saturated heterocycles. The lowest BCUT2D eigenvalue weighted by Crippen LogP contribution is -2.24. The molecule has 0 aliphatic heterocycles. The maximum atomic E-state index is 12.1. The van der Waals surface area contributed by atoms with Crippen LogP contribution in [0.1, 0.15) is 10.4 Å². The third kappa shape index (κ3) is 3.64. The second-order valence-corrected chi connectivity index (χ2v) is 7.51. The minimum Gasteiger partial charge on any atom is -0.326 e. The standard InChI is InChI=1S/C12H13BrN2O2S2/c13-10-3-1-9(2-4-10)8-15-19(16,17)12-5-6-18-11(12)7-14/h1-6,15H,7-8,14H2. The molecule has 3 N–H and O–H groups in total. The van der Waals surface area contributed by atoms with E-state index in [1.165, 1.54) is 11.3 Å². The van der Waals surface area contributed by atoms with Crippen LogP contribution in [0.25, 0.3) is 0 Å². The first-order valence-electron chi connectivity index (χ1n) is 5.53. The van der Waals surface area contributed by atoms with Gasteiger partial charge >= 0.3 is 0 Å². The molecule has 0 aliphatic rings. The van der Waals surface area contributed by atoms with Crippen LogP contribution < -0.4 is 10.5 Å². The van der Waals surface area contributed by atoms with E-state index in [1.54, 1.807) is 11.4 Å². The van der Waals surface area contributed by atoms with E-state index in [-0.39, 0.29) is 18.0 Å². The van der Waals surface area contributed by atoms with Crippen molar-refractivity contribution in [1.29, 1.82) is 0 Å². The monoisotopic (exact) mass is 360 g/mol. The van der Waals surface area contributed by atoms with Gasteiger partial charge in [-0.05, 0) is 29.1 Å². The van der Waals surface area contributed by atoms with Gasteiger partial charge in [0.15, 0.2) is 0 Å². The van der Waals surface area contributed by atoms with Crippen LogP contribution in [0.5, 0.6) is 0 Å². The molecule has 1 heterocycles. The highest BCUT2D eigenvalue weighted by molar-refractivity contribution is 9.10. The fraction of sp³-hybridized carbons (Fsp3) is 0.167. The first kappa shape index (κ1) is 14.7. The predicted octanol–water partition coefficient (Wildman–Crippen LogP) is 2.45. The lowest BCUT2D eigenvalue weighted by Gasteiger charge is -2.07. The van der Waals surface area contributed by atoms with Gasteiger partial charge in [0.1, 0.15) is 0 Å². The molecule has 1 aromatic carbocycles. The van der Waals surface area contributed by atoms with E-state index in [0.29, 0.717) is 4.88 Å². The number of thiophene rings is 1. The van der Waals surface area contributed by atoms with Gasteiger partial charge < -0.3 is 5.73 Å². The minimum atomic E-state index is -3.50. The van der Waals surface area contributed by atoms with Gasteiger partial charge in [-0.25, -0.2) is 13.1 Å². The Hall–Kier alpha value is -0.730. The summed E-state index contributed by atoms with van der Waals surface area (Å²) in [6.45, 7) is 0.488. The summed E-state index contributed by atoms with van der Waals surface area (Å²) in [6.07, 6.45) is 0. The van der Waals surface area contributed by atoms with Crippen molar-refractivity contribution in [3.05, 3.63) is 50.6 Å². The number of nitrogens with two attached hydrogens (primary N) is 1. The third-order valence-electron chi connectivity index (χ3n) is 2.56. The summed E-state index contributed by atoms with van der Waals surface area (Å²) in [6, 6.07) is 9.06. The molecule has 2 rings (SSSR count). The molecule has 4 nitrogen and oxygen atoms in total. The van der Waals surface area contributed by atoms with Crippen molar-refractivity contribution < 1.29 is 8.42 Å². The number of nitrogens with one attached hydrogen (secondary N) is 1. The van der Waals surface area contributed by atoms with E-state index in [4.69, 9.17) is 5.73 Å². The van der Waals surface area contributed by atoms with E-state index in [2.05, 4.69) is 20.7 Å². The topological polar surface area (TPSA) is 72.2 Å². The molecule has 1 aromatic heterocycles. The highest BCUT2D eigenvalue weighted by Crippen LogP contribution is 2.21. The van der Waals surface area contributed by atoms with Crippen LogP contribution in [0.2, 0.25) is 0 Å². The summed E-state index contributed by atoms with van der Waals surface area (Å²) in [7, 11) is -3.50. The zero-order valence-electron chi connectivity index (χ0n) is 9.97. The highest BCUT2D eigenvalue weighted by Gasteiger charge is 2.18. The maximum Gasteiger partial charge on any atom is 0.242 e. The van der Waals surface area contributed by atoms with Crippen LogP contribution in [0.15, 0.2) is 45.1 Å². The summed E-state index contributed by atoms with van der Waals surface area (Å²) < 4.78 is 27.8. The van der Waals surface area contributed by atoms with Crippen LogP contribution in [-0.2, 0) is 23.1 Å². The lowest BCUT2D eigenvalue weighted by molar-refractivity contribution is 0.580. The van der Waals surface area contributed by atoms with Crippen molar-refractivity contribution in [2.45, 2.75) is 18.0 Å². The molecule has 0 atom stereocenters. The van der Waals surface area contributed by atoms with E-state index < -0.39 is 10.0 Å². The van der Waals surface area contributed by atoms with Gasteiger partial charge in [-0.2, -0.15) is 0 Å². The normalized spacial score (nSPS) is 11.7. The Kier molecular flexibility index (Phi) is 4.75. The fourth-order valence-corrected chi connectivity index (χ4v) is 4.19. The van der Waals surface area contributed by atoms with Crippen LogP contribution in [0.4, 0.5) is 0 Å². The Morgan fingerprint density at radius 2 is 1.89 bits per heavy atom. The SMILES string of the molecule is NCc1sccc1S(=O)(=O)NCc1ccc(Br)cc1. The molecule has 0 spiro atoms. The molecular weight excluding hydrogens is 348 g/mol. The second-order valence-electron chi connectivity index (χ2n) is 3.86. The number of hydrogen-bond donors (Lipinski definition) is 2. The van der Waals surface area contributed by atoms with Crippen LogP contribution in [0.3, 0.4) is 0 Å². The van der Waals surface area contributed by atoms with Crippen molar-refractivity contribution in [3.63, 3.8) is 0 Å². The van der Waals surface area contributed by atoms with E-state index in [1.807, 2.05) is 24.3 Å². The Morgan fingerprint density at radius 3 is 2.53 bits per heavy atom. The molecule has 0 aliphatic carbocycles. The summed E-state index contributed by atoms with van der Waals surface area (Å²) in [5.74, 6) is 0. The highest BCUT2D eigenvalue weighted by atomic mass is 79.9. The van der Waals surface area contributed by atoms with Crippen LogP contribution in [0, 0.1) is 0 Å². The Balaban J connectivity index is 2.12. The molecular formula is C12H13BrN2O2S2. The third-order valence-corrected chi connectivity index (χ3v) is 5.65. The van der Waals surface area contributed by atoms with Crippen molar-refractivity contribution in [2.75, 3.05) is 0 Å². The molecule has 0 fully saturated rings. The van der Waals surface area contributed by atoms with Crippen molar-refractivity contribution >= 4 is 37.3 Å². The summed E-state index contributed by atoms with van der Waals surface area (Å²) >= 11 is 4.68. The van der Waals surface area contributed by atoms with Gasteiger partial charge in [0.05, 0.1) is 4.90 Å². The zero-order chi connectivity index (χ0) is 13.9. The number of hydrogen-bond acceptors (Lipinski definition) is 4. The van der Waals surface area contributed by atoms with E-state index >= 15 is 0 Å². The average molecular weight is 361 g/mol. The predicted molar refractivity (Wildman–Crippen MR) is 80.4 cm³/mol. The average Bonchev–Trinajstić information content (AvgIpc) is 2.87. The number of rotatable bonds is 5. The van der Waals surface area contributed by atoms with Crippen molar-refractivity contribution in [3.8, 4) is 0 Å². The number of benzene rings is 1. The van der Waals surface area contributed by atoms with Crippen molar-refractivity contribution in [2.24, 2.45) is 5.73 Å². The molecule has 102 valence electrons. The first-order chi connectivity index (χ1) is 9.03. The quantitative estimate of drug-likeness (QED) is 0.859. The molecule has 7 heteroatoms. The minimum absolute atomic E-state index is 0.228. The molecule has 0 saturated carbocycles. The molecule has 19 heavy (non-hydrogen) atoms. The maximum absolute atomic E-state index is 12.1. The van der Waals surface area contributed by atoms with Gasteiger partial charge in [0.2, 0.25) is 10.0 Å². The molecule has 0 bridgehead atoms. The lowest BCUT2D eigenvalue weighted by atomic mass is 10.2. The van der Waals surface area contributed by atoms with Gasteiger partial charge in [-0.3, -0.25) is 0 Å². The summed E-state index contributed by atoms with van der Waals surface area (Å²) in [5, 5.41) is 1.73. The van der Waals surface area contributed by atoms with Crippen LogP contribution in [-0.4, -0.2) is 8.42 Å². The first-order valence-corrected chi connectivity index (χ1v) is 8.69. The molecule has 0 amide bonds. The summed E-state index contributed by atoms with van der Waals surface area (Å²) in [5.41, 5.74) is 6.43. The van der Waals surface area contributed by atoms with Crippen LogP contribution >= 0.6 is 27.3 Å². The Labute approximate surface area is 124 Å².